The Kier molecular flexibility index (Phi) is 6.54. The maximum Gasteiger partial charge on any atom is 0.417 e. The summed E-state index contributed by atoms with van der Waals surface area (Å²) < 4.78 is 48.7. The average molecular weight is 460 g/mol. The monoisotopic (exact) mass is 459 g/mol. The predicted molar refractivity (Wildman–Crippen MR) is 104 cm³/mol. The molecule has 0 unspecified atom stereocenters. The second-order valence-electron chi connectivity index (χ2n) is 6.80. The molecule has 1 aromatic heterocycles. The lowest BCUT2D eigenvalue weighted by Gasteiger charge is -2.32. The molecule has 166 valence electrons. The number of hydrogen-bond donors (Lipinski definition) is 0. The molecule has 2 aromatic rings. The lowest BCUT2D eigenvalue weighted by Crippen LogP contribution is -2.38. The zero-order valence-corrected chi connectivity index (χ0v) is 16.9. The number of non-ortho nitro benzene ring substituents is 1. The third-order valence-corrected chi connectivity index (χ3v) is 5.12. The van der Waals surface area contributed by atoms with Gasteiger partial charge in [-0.25, -0.2) is 4.98 Å². The number of halogens is 4. The van der Waals surface area contributed by atoms with Crippen LogP contribution in [0.1, 0.15) is 18.4 Å². The van der Waals surface area contributed by atoms with Crippen LogP contribution in [0, 0.1) is 16.0 Å². The standard InChI is InChI=1S/C19H17ClF3N3O5/c1-30-15-3-2-13(26(28)29)9-16(15)31-18(27)11-4-6-25(7-5-11)17-14(20)8-12(10-24-17)19(21,22)23/h2-3,8-11H,4-7H2,1H3. The molecular weight excluding hydrogens is 443 g/mol. The Morgan fingerprint density at radius 1 is 1.26 bits per heavy atom. The molecule has 1 aliphatic heterocycles. The number of piperidine rings is 1. The van der Waals surface area contributed by atoms with Crippen molar-refractivity contribution in [3.8, 4) is 11.5 Å². The van der Waals surface area contributed by atoms with Crippen molar-refractivity contribution in [1.29, 1.82) is 0 Å². The highest BCUT2D eigenvalue weighted by Crippen LogP contribution is 2.36. The molecule has 1 fully saturated rings. The summed E-state index contributed by atoms with van der Waals surface area (Å²) in [5.41, 5.74) is -1.19. The molecule has 31 heavy (non-hydrogen) atoms. The fourth-order valence-electron chi connectivity index (χ4n) is 3.20. The van der Waals surface area contributed by atoms with E-state index in [1.807, 2.05) is 0 Å². The molecule has 0 aliphatic carbocycles. The Morgan fingerprint density at radius 3 is 2.48 bits per heavy atom. The van der Waals surface area contributed by atoms with Crippen molar-refractivity contribution in [2.24, 2.45) is 5.92 Å². The van der Waals surface area contributed by atoms with E-state index >= 15 is 0 Å². The summed E-state index contributed by atoms with van der Waals surface area (Å²) in [6.45, 7) is 0.647. The van der Waals surface area contributed by atoms with Gasteiger partial charge in [0.25, 0.3) is 5.69 Å². The highest BCUT2D eigenvalue weighted by Gasteiger charge is 2.33. The van der Waals surface area contributed by atoms with Gasteiger partial charge in [0.05, 0.1) is 34.6 Å². The summed E-state index contributed by atoms with van der Waals surface area (Å²) >= 11 is 5.98. The van der Waals surface area contributed by atoms with Crippen LogP contribution in [0.15, 0.2) is 30.5 Å². The molecule has 0 amide bonds. The summed E-state index contributed by atoms with van der Waals surface area (Å²) in [6, 6.07) is 4.49. The first-order valence-corrected chi connectivity index (χ1v) is 9.49. The smallest absolute Gasteiger partial charge is 0.417 e. The Bertz CT molecular complexity index is 994. The van der Waals surface area contributed by atoms with Crippen LogP contribution in [0.4, 0.5) is 24.7 Å². The van der Waals surface area contributed by atoms with Crippen LogP contribution in [0.25, 0.3) is 0 Å². The van der Waals surface area contributed by atoms with Gasteiger partial charge in [0.15, 0.2) is 11.5 Å². The van der Waals surface area contributed by atoms with Crippen molar-refractivity contribution in [3.63, 3.8) is 0 Å². The predicted octanol–water partition coefficient (Wildman–Crippen LogP) is 4.49. The molecule has 3 rings (SSSR count). The number of anilines is 1. The molecule has 0 saturated carbocycles. The third-order valence-electron chi connectivity index (χ3n) is 4.85. The van der Waals surface area contributed by atoms with E-state index in [0.29, 0.717) is 25.9 Å². The largest absolute Gasteiger partial charge is 0.493 e. The van der Waals surface area contributed by atoms with Crippen LogP contribution in [0.2, 0.25) is 5.02 Å². The molecule has 1 aliphatic rings. The summed E-state index contributed by atoms with van der Waals surface area (Å²) in [5.74, 6) is -0.756. The van der Waals surface area contributed by atoms with Crippen molar-refractivity contribution in [3.05, 3.63) is 51.2 Å². The maximum absolute atomic E-state index is 12.8. The zero-order valence-electron chi connectivity index (χ0n) is 16.2. The lowest BCUT2D eigenvalue weighted by molar-refractivity contribution is -0.384. The number of benzene rings is 1. The number of esters is 1. The van der Waals surface area contributed by atoms with E-state index in [0.717, 1.165) is 18.3 Å². The van der Waals surface area contributed by atoms with Gasteiger partial charge in [-0.2, -0.15) is 13.2 Å². The second kappa shape index (κ2) is 8.96. The molecule has 1 aromatic carbocycles. The van der Waals surface area contributed by atoms with E-state index in [1.54, 1.807) is 4.90 Å². The molecule has 1 saturated heterocycles. The molecule has 12 heteroatoms. The van der Waals surface area contributed by atoms with Crippen molar-refractivity contribution in [2.45, 2.75) is 19.0 Å². The Labute approximate surface area is 179 Å². The number of carbonyl (C=O) groups is 1. The van der Waals surface area contributed by atoms with Crippen LogP contribution in [0.5, 0.6) is 11.5 Å². The van der Waals surface area contributed by atoms with Gasteiger partial charge in [0.1, 0.15) is 5.82 Å². The van der Waals surface area contributed by atoms with Crippen LogP contribution in [-0.4, -0.2) is 36.1 Å². The number of nitrogens with zero attached hydrogens (tertiary/aromatic N) is 3. The van der Waals surface area contributed by atoms with Gasteiger partial charge < -0.3 is 14.4 Å². The Hall–Kier alpha value is -3.08. The summed E-state index contributed by atoms with van der Waals surface area (Å²) in [5, 5.41) is 10.8. The van der Waals surface area contributed by atoms with Gasteiger partial charge in [-0.15, -0.1) is 0 Å². The van der Waals surface area contributed by atoms with Crippen molar-refractivity contribution >= 4 is 29.1 Å². The molecule has 0 atom stereocenters. The SMILES string of the molecule is COc1ccc([N+](=O)[O-])cc1OC(=O)C1CCN(c2ncc(C(F)(F)F)cc2Cl)CC1. The van der Waals surface area contributed by atoms with E-state index in [4.69, 9.17) is 21.1 Å². The number of aromatic nitrogens is 1. The van der Waals surface area contributed by atoms with Crippen molar-refractivity contribution in [2.75, 3.05) is 25.1 Å². The van der Waals surface area contributed by atoms with E-state index < -0.39 is 28.6 Å². The van der Waals surface area contributed by atoms with Gasteiger partial charge in [-0.3, -0.25) is 14.9 Å². The van der Waals surface area contributed by atoms with Gasteiger partial charge in [0.2, 0.25) is 0 Å². The van der Waals surface area contributed by atoms with Crippen LogP contribution in [0.3, 0.4) is 0 Å². The van der Waals surface area contributed by atoms with Gasteiger partial charge in [-0.1, -0.05) is 11.6 Å². The average Bonchev–Trinajstić information content (AvgIpc) is 2.73. The van der Waals surface area contributed by atoms with Crippen LogP contribution in [-0.2, 0) is 11.0 Å². The molecule has 8 nitrogen and oxygen atoms in total. The summed E-state index contributed by atoms with van der Waals surface area (Å²) in [4.78, 5) is 28.4. The molecular formula is C19H17ClF3N3O5. The molecule has 2 heterocycles. The normalized spacial score (nSPS) is 14.9. The Balaban J connectivity index is 1.66. The number of nitro benzene ring substituents is 1. The number of hydrogen-bond acceptors (Lipinski definition) is 7. The first-order chi connectivity index (χ1) is 14.6. The van der Waals surface area contributed by atoms with Crippen molar-refractivity contribution in [1.82, 2.24) is 4.98 Å². The minimum atomic E-state index is -4.54. The van der Waals surface area contributed by atoms with E-state index in [2.05, 4.69) is 4.98 Å². The first-order valence-electron chi connectivity index (χ1n) is 9.12. The quantitative estimate of drug-likeness (QED) is 0.281. The zero-order chi connectivity index (χ0) is 22.8. The highest BCUT2D eigenvalue weighted by molar-refractivity contribution is 6.33. The first kappa shape index (κ1) is 22.6. The number of methoxy groups -OCH3 is 1. The van der Waals surface area contributed by atoms with E-state index in [-0.39, 0.29) is 28.0 Å². The minimum Gasteiger partial charge on any atom is -0.493 e. The summed E-state index contributed by atoms with van der Waals surface area (Å²) in [7, 11) is 1.35. The fourth-order valence-corrected chi connectivity index (χ4v) is 3.48. The third kappa shape index (κ3) is 5.16. The molecule has 0 N–H and O–H groups in total. The summed E-state index contributed by atoms with van der Waals surface area (Å²) in [6.07, 6.45) is -3.14. The number of ether oxygens (including phenoxy) is 2. The second-order valence-corrected chi connectivity index (χ2v) is 7.21. The number of carbonyl (C=O) groups excluding carboxylic acids is 1. The molecule has 0 bridgehead atoms. The van der Waals surface area contributed by atoms with Crippen molar-refractivity contribution < 1.29 is 32.4 Å². The van der Waals surface area contributed by atoms with Crippen LogP contribution < -0.4 is 14.4 Å². The van der Waals surface area contributed by atoms with Gasteiger partial charge in [-0.05, 0) is 25.0 Å². The highest BCUT2D eigenvalue weighted by atomic mass is 35.5. The Morgan fingerprint density at radius 2 is 1.94 bits per heavy atom. The fraction of sp³-hybridized carbons (Fsp3) is 0.368. The number of rotatable bonds is 5. The lowest BCUT2D eigenvalue weighted by atomic mass is 9.97. The van der Waals surface area contributed by atoms with E-state index in [1.165, 1.54) is 19.2 Å². The van der Waals surface area contributed by atoms with Crippen LogP contribution >= 0.6 is 11.6 Å². The minimum absolute atomic E-state index is 0.0587. The number of nitro groups is 1. The maximum atomic E-state index is 12.8. The van der Waals surface area contributed by atoms with Gasteiger partial charge >= 0.3 is 12.1 Å². The van der Waals surface area contributed by atoms with Gasteiger partial charge in [0, 0.05) is 25.4 Å². The topological polar surface area (TPSA) is 94.8 Å². The number of pyridine rings is 1. The van der Waals surface area contributed by atoms with E-state index in [9.17, 15) is 28.1 Å². The number of alkyl halides is 3. The molecule has 0 radical (unpaired) electrons. The molecule has 0 spiro atoms.